The van der Waals surface area contributed by atoms with Gasteiger partial charge in [0.05, 0.1) is 0 Å². The number of carboxylic acid groups (broad SMARTS) is 1. The van der Waals surface area contributed by atoms with E-state index >= 15 is 0 Å². The maximum absolute atomic E-state index is 10.00. The summed E-state index contributed by atoms with van der Waals surface area (Å²) in [5.74, 6) is -1.12. The summed E-state index contributed by atoms with van der Waals surface area (Å²) < 4.78 is 3.88. The predicted molar refractivity (Wildman–Crippen MR) is 32.9 cm³/mol. The fraction of sp³-hybridized carbons (Fsp3) is 0.667. The molecule has 6 nitrogen and oxygen atoms in total. The van der Waals surface area contributed by atoms with Gasteiger partial charge in [0.25, 0.3) is 0 Å². The van der Waals surface area contributed by atoms with Gasteiger partial charge in [-0.3, -0.25) is 4.79 Å². The molecule has 0 aromatic rings. The summed E-state index contributed by atoms with van der Waals surface area (Å²) in [5.41, 5.74) is 5.02. The number of hydrogen-bond acceptors (Lipinski definition) is 6. The second kappa shape index (κ2) is 5.45. The first kappa shape index (κ1) is 9.66. The standard InChI is InChI=1S/C3H7NO5S/c4-2(3(5)6)1-10-9-8-7/h2,7H,1,4H2,(H,5,6). The Labute approximate surface area is 61.0 Å². The van der Waals surface area contributed by atoms with Gasteiger partial charge in [-0.2, -0.15) is 0 Å². The third-order valence-electron chi connectivity index (χ3n) is 0.643. The van der Waals surface area contributed by atoms with Crippen molar-refractivity contribution in [3.63, 3.8) is 0 Å². The normalized spacial score (nSPS) is 13.0. The molecule has 0 spiro atoms. The van der Waals surface area contributed by atoms with Crippen LogP contribution in [0, 0.1) is 0 Å². The Morgan fingerprint density at radius 1 is 1.80 bits per heavy atom. The first-order chi connectivity index (χ1) is 4.68. The van der Waals surface area contributed by atoms with E-state index < -0.39 is 12.0 Å². The average molecular weight is 169 g/mol. The van der Waals surface area contributed by atoms with Crippen LogP contribution in [0.5, 0.6) is 0 Å². The van der Waals surface area contributed by atoms with Gasteiger partial charge in [-0.15, -0.1) is 4.33 Å². The number of aliphatic carboxylic acids is 1. The second-order valence-electron chi connectivity index (χ2n) is 1.37. The van der Waals surface area contributed by atoms with Crippen LogP contribution in [0.25, 0.3) is 0 Å². The van der Waals surface area contributed by atoms with Gasteiger partial charge in [-0.1, -0.05) is 5.04 Å². The number of carbonyl (C=O) groups is 1. The van der Waals surface area contributed by atoms with E-state index in [4.69, 9.17) is 16.1 Å². The van der Waals surface area contributed by atoms with E-state index in [1.54, 1.807) is 0 Å². The summed E-state index contributed by atoms with van der Waals surface area (Å²) in [6, 6.07) is -1.01. The highest BCUT2D eigenvalue weighted by Crippen LogP contribution is 2.02. The van der Waals surface area contributed by atoms with Crippen molar-refractivity contribution in [1.29, 1.82) is 0 Å². The van der Waals surface area contributed by atoms with Crippen LogP contribution in [0.1, 0.15) is 0 Å². The summed E-state index contributed by atoms with van der Waals surface area (Å²) in [6.07, 6.45) is 0. The first-order valence-electron chi connectivity index (χ1n) is 2.26. The van der Waals surface area contributed by atoms with Crippen LogP contribution in [-0.2, 0) is 14.2 Å². The van der Waals surface area contributed by atoms with Crippen molar-refractivity contribution in [2.45, 2.75) is 6.04 Å². The Balaban J connectivity index is 3.21. The molecule has 0 aromatic heterocycles. The molecule has 0 saturated heterocycles. The smallest absolute Gasteiger partial charge is 0.321 e. The summed E-state index contributed by atoms with van der Waals surface area (Å²) >= 11 is 0.612. The summed E-state index contributed by atoms with van der Waals surface area (Å²) in [6.45, 7) is 0. The van der Waals surface area contributed by atoms with Gasteiger partial charge < -0.3 is 10.8 Å². The lowest BCUT2D eigenvalue weighted by atomic mass is 10.4. The Morgan fingerprint density at radius 2 is 2.40 bits per heavy atom. The molecule has 0 heterocycles. The van der Waals surface area contributed by atoms with Crippen molar-refractivity contribution in [1.82, 2.24) is 0 Å². The summed E-state index contributed by atoms with van der Waals surface area (Å²) in [5, 5.41) is 19.0. The van der Waals surface area contributed by atoms with Crippen molar-refractivity contribution in [3.05, 3.63) is 0 Å². The van der Waals surface area contributed by atoms with Crippen LogP contribution < -0.4 is 5.73 Å². The Kier molecular flexibility index (Phi) is 5.26. The van der Waals surface area contributed by atoms with Crippen LogP contribution in [0.2, 0.25) is 0 Å². The fourth-order valence-electron chi connectivity index (χ4n) is 0.194. The molecule has 4 N–H and O–H groups in total. The predicted octanol–water partition coefficient (Wildman–Crippen LogP) is -0.532. The minimum absolute atomic E-state index is 0.00981. The van der Waals surface area contributed by atoms with Gasteiger partial charge >= 0.3 is 5.97 Å². The third kappa shape index (κ3) is 4.53. The molecule has 0 saturated carbocycles. The minimum atomic E-state index is -1.13. The van der Waals surface area contributed by atoms with E-state index in [1.807, 2.05) is 0 Å². The van der Waals surface area contributed by atoms with E-state index in [9.17, 15) is 4.79 Å². The lowest BCUT2D eigenvalue weighted by molar-refractivity contribution is -0.432. The Morgan fingerprint density at radius 3 is 2.80 bits per heavy atom. The molecule has 7 heteroatoms. The number of rotatable bonds is 5. The zero-order valence-corrected chi connectivity index (χ0v) is 5.71. The molecular formula is C3H7NO5S. The van der Waals surface area contributed by atoms with Crippen LogP contribution in [-0.4, -0.2) is 28.1 Å². The highest BCUT2D eigenvalue weighted by molar-refractivity contribution is 7.94. The SMILES string of the molecule is NC(CSOOO)C(=O)O. The zero-order chi connectivity index (χ0) is 7.98. The van der Waals surface area contributed by atoms with Gasteiger partial charge in [-0.05, 0) is 0 Å². The van der Waals surface area contributed by atoms with Gasteiger partial charge in [0.15, 0.2) is 0 Å². The maximum Gasteiger partial charge on any atom is 0.321 e. The number of nitrogens with two attached hydrogens (primary N) is 1. The molecule has 0 aliphatic carbocycles. The molecule has 60 valence electrons. The van der Waals surface area contributed by atoms with Crippen molar-refractivity contribution in [2.75, 3.05) is 5.75 Å². The van der Waals surface area contributed by atoms with E-state index in [1.165, 1.54) is 0 Å². The van der Waals surface area contributed by atoms with Gasteiger partial charge in [-0.25, -0.2) is 5.26 Å². The maximum atomic E-state index is 10.00. The van der Waals surface area contributed by atoms with E-state index in [2.05, 4.69) is 9.37 Å². The van der Waals surface area contributed by atoms with E-state index in [0.29, 0.717) is 12.0 Å². The minimum Gasteiger partial charge on any atom is -0.480 e. The van der Waals surface area contributed by atoms with Gasteiger partial charge in [0, 0.05) is 17.8 Å². The zero-order valence-electron chi connectivity index (χ0n) is 4.89. The van der Waals surface area contributed by atoms with Crippen LogP contribution in [0.4, 0.5) is 0 Å². The first-order valence-corrected chi connectivity index (χ1v) is 3.17. The quantitative estimate of drug-likeness (QED) is 0.220. The molecule has 0 fully saturated rings. The van der Waals surface area contributed by atoms with E-state index in [0.717, 1.165) is 0 Å². The van der Waals surface area contributed by atoms with Crippen molar-refractivity contribution in [3.8, 4) is 0 Å². The van der Waals surface area contributed by atoms with Crippen LogP contribution in [0.3, 0.4) is 0 Å². The third-order valence-corrected chi connectivity index (χ3v) is 1.30. The highest BCUT2D eigenvalue weighted by Gasteiger charge is 2.11. The fourth-order valence-corrected chi connectivity index (χ4v) is 0.582. The molecule has 0 bridgehead atoms. The Hall–Kier alpha value is -0.340. The van der Waals surface area contributed by atoms with Crippen LogP contribution >= 0.6 is 12.0 Å². The topological polar surface area (TPSA) is 102 Å². The van der Waals surface area contributed by atoms with Crippen molar-refractivity contribution < 1.29 is 24.5 Å². The lowest BCUT2D eigenvalue weighted by Crippen LogP contribution is -2.32. The molecule has 10 heavy (non-hydrogen) atoms. The Bertz CT molecular complexity index is 109. The molecule has 0 amide bonds. The molecule has 0 aromatic carbocycles. The number of hydrogen-bond donors (Lipinski definition) is 3. The van der Waals surface area contributed by atoms with Crippen LogP contribution in [0.15, 0.2) is 0 Å². The molecule has 1 unspecified atom stereocenters. The molecule has 0 radical (unpaired) electrons. The van der Waals surface area contributed by atoms with Crippen molar-refractivity contribution in [2.24, 2.45) is 5.73 Å². The molecule has 1 atom stereocenters. The van der Waals surface area contributed by atoms with Crippen molar-refractivity contribution >= 4 is 18.0 Å². The summed E-state index contributed by atoms with van der Waals surface area (Å²) in [4.78, 5) is 10.00. The lowest BCUT2D eigenvalue weighted by Gasteiger charge is -2.01. The largest absolute Gasteiger partial charge is 0.480 e. The van der Waals surface area contributed by atoms with Gasteiger partial charge in [0.1, 0.15) is 6.04 Å². The molecular weight excluding hydrogens is 162 g/mol. The van der Waals surface area contributed by atoms with E-state index in [-0.39, 0.29) is 5.75 Å². The molecule has 0 aliphatic heterocycles. The summed E-state index contributed by atoms with van der Waals surface area (Å²) in [7, 11) is 0. The van der Waals surface area contributed by atoms with Gasteiger partial charge in [0.2, 0.25) is 0 Å². The molecule has 0 rings (SSSR count). The molecule has 0 aliphatic rings. The monoisotopic (exact) mass is 169 g/mol. The second-order valence-corrected chi connectivity index (χ2v) is 2.08. The number of carboxylic acids is 1. The highest BCUT2D eigenvalue weighted by atomic mass is 32.2. The average Bonchev–Trinajstić information content (AvgIpc) is 1.88.